The van der Waals surface area contributed by atoms with Gasteiger partial charge in [-0.25, -0.2) is 0 Å². The van der Waals surface area contributed by atoms with Crippen LogP contribution in [0.15, 0.2) is 46.6 Å². The van der Waals surface area contributed by atoms with E-state index >= 15 is 0 Å². The standard InChI is InChI=1S/C32H46O4S2/c1-27(2,3)19-15-31(16-20(25(19)35)28(4,5)6)32(38-24(37-31)14-13-23(33)34)17-21(29(7,8)9)26(36)22(18-32)30(10,11)12/h15-18,24H,13-14H2,1-12H3,(H,33,34). The van der Waals surface area contributed by atoms with Crippen molar-refractivity contribution in [1.29, 1.82) is 0 Å². The Bertz CT molecular complexity index is 1020. The number of fused-ring (bicyclic) bond motifs is 1. The number of allylic oxidation sites excluding steroid dienone is 4. The number of hydrogen-bond donors (Lipinski definition) is 1. The van der Waals surface area contributed by atoms with E-state index in [0.29, 0.717) is 6.42 Å². The first-order valence-corrected chi connectivity index (χ1v) is 15.3. The maximum absolute atomic E-state index is 13.9. The number of carboxylic acid groups (broad SMARTS) is 1. The highest BCUT2D eigenvalue weighted by Gasteiger charge is 2.60. The molecule has 0 aromatic carbocycles. The smallest absolute Gasteiger partial charge is 0.303 e. The van der Waals surface area contributed by atoms with Gasteiger partial charge in [0.25, 0.3) is 0 Å². The van der Waals surface area contributed by atoms with Crippen LogP contribution in [-0.4, -0.2) is 36.7 Å². The van der Waals surface area contributed by atoms with Crippen LogP contribution in [0.25, 0.3) is 0 Å². The van der Waals surface area contributed by atoms with Gasteiger partial charge in [-0.1, -0.05) is 107 Å². The fourth-order valence-electron chi connectivity index (χ4n) is 5.31. The van der Waals surface area contributed by atoms with Crippen molar-refractivity contribution in [3.8, 4) is 0 Å². The molecule has 3 aliphatic rings. The Balaban J connectivity index is 2.46. The molecule has 3 rings (SSSR count). The predicted molar refractivity (Wildman–Crippen MR) is 161 cm³/mol. The molecule has 0 bridgehead atoms. The fourth-order valence-corrected chi connectivity index (χ4v) is 9.44. The molecule has 1 fully saturated rings. The second-order valence-corrected chi connectivity index (χ2v) is 18.3. The average molecular weight is 559 g/mol. The Hall–Kier alpha value is -1.53. The molecule has 2 aliphatic carbocycles. The summed E-state index contributed by atoms with van der Waals surface area (Å²) in [7, 11) is 0. The average Bonchev–Trinajstić information content (AvgIpc) is 2.98. The van der Waals surface area contributed by atoms with Crippen molar-refractivity contribution in [2.75, 3.05) is 0 Å². The molecule has 6 heteroatoms. The van der Waals surface area contributed by atoms with Gasteiger partial charge in [0, 0.05) is 28.7 Å². The molecule has 0 aromatic rings. The summed E-state index contributed by atoms with van der Waals surface area (Å²) in [5.41, 5.74) is 1.62. The van der Waals surface area contributed by atoms with Crippen molar-refractivity contribution in [1.82, 2.24) is 0 Å². The second kappa shape index (κ2) is 9.54. The molecule has 1 saturated heterocycles. The number of rotatable bonds is 3. The number of carboxylic acids is 1. The normalized spacial score (nSPS) is 22.4. The zero-order chi connectivity index (χ0) is 29.3. The van der Waals surface area contributed by atoms with Crippen molar-refractivity contribution in [2.24, 2.45) is 21.7 Å². The third kappa shape index (κ3) is 5.68. The number of carbonyl (C=O) groups excluding carboxylic acids is 2. The maximum atomic E-state index is 13.9. The van der Waals surface area contributed by atoms with Gasteiger partial charge in [0.1, 0.15) is 0 Å². The van der Waals surface area contributed by atoms with E-state index in [1.54, 1.807) is 23.5 Å². The summed E-state index contributed by atoms with van der Waals surface area (Å²) in [6.45, 7) is 24.9. The lowest BCUT2D eigenvalue weighted by Crippen LogP contribution is -2.48. The van der Waals surface area contributed by atoms with Crippen LogP contribution in [-0.2, 0) is 14.4 Å². The largest absolute Gasteiger partial charge is 0.481 e. The number of carbonyl (C=O) groups is 3. The molecule has 1 aliphatic heterocycles. The molecule has 0 radical (unpaired) electrons. The molecule has 1 N–H and O–H groups in total. The molecule has 2 spiro atoms. The number of Topliss-reactive ketones (excluding diaryl/α,β-unsaturated/α-hetero) is 2. The Labute approximate surface area is 238 Å². The first-order valence-electron chi connectivity index (χ1n) is 13.5. The molecule has 38 heavy (non-hydrogen) atoms. The summed E-state index contributed by atoms with van der Waals surface area (Å²) < 4.78 is -1.31. The highest BCUT2D eigenvalue weighted by Crippen LogP contribution is 2.67. The van der Waals surface area contributed by atoms with E-state index < -0.39 is 15.5 Å². The second-order valence-electron chi connectivity index (χ2n) is 15.1. The van der Waals surface area contributed by atoms with Crippen molar-refractivity contribution < 1.29 is 19.5 Å². The highest BCUT2D eigenvalue weighted by atomic mass is 32.2. The molecule has 1 heterocycles. The number of thioether (sulfide) groups is 2. The van der Waals surface area contributed by atoms with Crippen LogP contribution in [0.2, 0.25) is 0 Å². The number of ketones is 2. The molecule has 0 saturated carbocycles. The first kappa shape index (κ1) is 31.0. The summed E-state index contributed by atoms with van der Waals surface area (Å²) in [5, 5.41) is 9.49. The first-order chi connectivity index (χ1) is 16.9. The van der Waals surface area contributed by atoms with Crippen LogP contribution in [0.1, 0.15) is 95.9 Å². The van der Waals surface area contributed by atoms with Gasteiger partial charge in [0.15, 0.2) is 11.6 Å². The van der Waals surface area contributed by atoms with Gasteiger partial charge in [-0.3, -0.25) is 14.4 Å². The highest BCUT2D eigenvalue weighted by molar-refractivity contribution is 8.22. The summed E-state index contributed by atoms with van der Waals surface area (Å²) in [6, 6.07) is 0. The molecular weight excluding hydrogens is 512 g/mol. The minimum absolute atomic E-state index is 0.0163. The van der Waals surface area contributed by atoms with E-state index in [1.807, 2.05) is 0 Å². The summed E-state index contributed by atoms with van der Waals surface area (Å²) in [4.78, 5) is 39.4. The van der Waals surface area contributed by atoms with E-state index in [9.17, 15) is 19.5 Å². The topological polar surface area (TPSA) is 71.4 Å². The molecule has 0 amide bonds. The van der Waals surface area contributed by atoms with Gasteiger partial charge in [0.05, 0.1) is 14.1 Å². The van der Waals surface area contributed by atoms with E-state index in [1.165, 1.54) is 0 Å². The molecule has 0 atom stereocenters. The molecule has 0 unspecified atom stereocenters. The predicted octanol–water partition coefficient (Wildman–Crippen LogP) is 8.19. The van der Waals surface area contributed by atoms with E-state index in [-0.39, 0.29) is 44.2 Å². The van der Waals surface area contributed by atoms with Crippen molar-refractivity contribution in [2.45, 2.75) is 110 Å². The quantitative estimate of drug-likeness (QED) is 0.376. The minimum Gasteiger partial charge on any atom is -0.481 e. The van der Waals surface area contributed by atoms with Gasteiger partial charge in [0.2, 0.25) is 0 Å². The van der Waals surface area contributed by atoms with Crippen LogP contribution in [0, 0.1) is 21.7 Å². The minimum atomic E-state index is -0.812. The molecule has 0 aromatic heterocycles. The lowest BCUT2D eigenvalue weighted by atomic mass is 9.65. The summed E-state index contributed by atoms with van der Waals surface area (Å²) in [6.07, 6.45) is 9.22. The van der Waals surface area contributed by atoms with Gasteiger partial charge in [-0.15, -0.1) is 23.5 Å². The Morgan fingerprint density at radius 3 is 1.13 bits per heavy atom. The summed E-state index contributed by atoms with van der Waals surface area (Å²) >= 11 is 3.49. The van der Waals surface area contributed by atoms with Crippen LogP contribution in [0.3, 0.4) is 0 Å². The van der Waals surface area contributed by atoms with Crippen LogP contribution in [0.5, 0.6) is 0 Å². The van der Waals surface area contributed by atoms with Crippen molar-refractivity contribution in [3.05, 3.63) is 46.6 Å². The van der Waals surface area contributed by atoms with Gasteiger partial charge < -0.3 is 5.11 Å². The SMILES string of the molecule is CC(C)(C)C1=CC2(C=C(C(C)(C)C)C1=O)SC(CCC(=O)O)SC21C=C(C(C)(C)C)C(=O)C(C(C)(C)C)=C1. The fraction of sp³-hybridized carbons (Fsp3) is 0.656. The molecule has 4 nitrogen and oxygen atoms in total. The zero-order valence-corrected chi connectivity index (χ0v) is 26.9. The van der Waals surface area contributed by atoms with E-state index in [4.69, 9.17) is 0 Å². The maximum Gasteiger partial charge on any atom is 0.303 e. The van der Waals surface area contributed by atoms with Crippen LogP contribution in [0.4, 0.5) is 0 Å². The van der Waals surface area contributed by atoms with Crippen LogP contribution < -0.4 is 0 Å². The lowest BCUT2D eigenvalue weighted by Gasteiger charge is -2.46. The third-order valence-corrected chi connectivity index (χ3v) is 11.1. The zero-order valence-electron chi connectivity index (χ0n) is 25.3. The number of hydrogen-bond acceptors (Lipinski definition) is 5. The third-order valence-electron chi connectivity index (χ3n) is 7.50. The summed E-state index contributed by atoms with van der Waals surface area (Å²) in [5.74, 6) is -0.651. The lowest BCUT2D eigenvalue weighted by molar-refractivity contribution is -0.137. The Morgan fingerprint density at radius 1 is 0.658 bits per heavy atom. The monoisotopic (exact) mass is 558 g/mol. The van der Waals surface area contributed by atoms with Gasteiger partial charge in [-0.05, 0) is 28.1 Å². The van der Waals surface area contributed by atoms with Gasteiger partial charge in [-0.2, -0.15) is 0 Å². The molecule has 210 valence electrons. The van der Waals surface area contributed by atoms with Crippen LogP contribution >= 0.6 is 23.5 Å². The molecular formula is C32H46O4S2. The van der Waals surface area contributed by atoms with Gasteiger partial charge >= 0.3 is 5.97 Å². The van der Waals surface area contributed by atoms with Crippen molar-refractivity contribution in [3.63, 3.8) is 0 Å². The van der Waals surface area contributed by atoms with Crippen molar-refractivity contribution >= 4 is 41.1 Å². The van der Waals surface area contributed by atoms with E-state index in [0.717, 1.165) is 22.3 Å². The Morgan fingerprint density at radius 2 is 0.921 bits per heavy atom. The number of aliphatic carboxylic acids is 1. The van der Waals surface area contributed by atoms with E-state index in [2.05, 4.69) is 107 Å². The Kier molecular flexibility index (Phi) is 7.78.